The van der Waals surface area contributed by atoms with Crippen LogP contribution >= 0.6 is 0 Å². The lowest BCUT2D eigenvalue weighted by atomic mass is 9.97. The van der Waals surface area contributed by atoms with Crippen LogP contribution in [0.1, 0.15) is 58.3 Å². The van der Waals surface area contributed by atoms with Crippen molar-refractivity contribution in [1.82, 2.24) is 15.0 Å². The average molecular weight is 438 g/mol. The van der Waals surface area contributed by atoms with E-state index >= 15 is 0 Å². The second kappa shape index (κ2) is 9.06. The number of nitrogens with one attached hydrogen (secondary N) is 2. The van der Waals surface area contributed by atoms with E-state index in [4.69, 9.17) is 14.4 Å². The summed E-state index contributed by atoms with van der Waals surface area (Å²) in [5, 5.41) is 17.6. The van der Waals surface area contributed by atoms with Crippen LogP contribution in [0, 0.1) is 18.3 Å². The summed E-state index contributed by atoms with van der Waals surface area (Å²) in [6.07, 6.45) is 5.66. The van der Waals surface area contributed by atoms with Gasteiger partial charge in [0.2, 0.25) is 5.95 Å². The van der Waals surface area contributed by atoms with Crippen molar-refractivity contribution in [2.24, 2.45) is 11.3 Å². The summed E-state index contributed by atoms with van der Waals surface area (Å²) in [4.78, 5) is 14.1. The molecule has 7 heteroatoms. The van der Waals surface area contributed by atoms with Crippen LogP contribution in [0.2, 0.25) is 0 Å². The fourth-order valence-corrected chi connectivity index (χ4v) is 4.27. The second-order valence-electron chi connectivity index (χ2n) is 10.2. The molecule has 7 nitrogen and oxygen atoms in total. The molecule has 3 aromatic rings. The highest BCUT2D eigenvalue weighted by Gasteiger charge is 2.27. The lowest BCUT2D eigenvalue weighted by Crippen LogP contribution is -2.22. The van der Waals surface area contributed by atoms with Crippen LogP contribution in [-0.4, -0.2) is 39.3 Å². The van der Waals surface area contributed by atoms with E-state index in [9.17, 15) is 5.11 Å². The smallest absolute Gasteiger partial charge is 0.224 e. The zero-order valence-corrected chi connectivity index (χ0v) is 19.8. The molecule has 0 spiro atoms. The van der Waals surface area contributed by atoms with Gasteiger partial charge in [-0.15, -0.1) is 0 Å². The molecule has 3 N–H and O–H groups in total. The Morgan fingerprint density at radius 2 is 2.00 bits per heavy atom. The van der Waals surface area contributed by atoms with Crippen LogP contribution in [0.25, 0.3) is 22.3 Å². The zero-order chi connectivity index (χ0) is 22.9. The third kappa shape index (κ3) is 5.04. The summed E-state index contributed by atoms with van der Waals surface area (Å²) in [7, 11) is 0. The van der Waals surface area contributed by atoms with Crippen LogP contribution in [0.4, 0.5) is 11.8 Å². The first-order valence-electron chi connectivity index (χ1n) is 11.6. The van der Waals surface area contributed by atoms with E-state index in [1.165, 1.54) is 0 Å². The minimum atomic E-state index is 0.117. The molecule has 2 atom stereocenters. The van der Waals surface area contributed by atoms with Crippen LogP contribution in [-0.2, 0) is 6.42 Å². The molecule has 4 rings (SSSR count). The van der Waals surface area contributed by atoms with Crippen LogP contribution in [0.3, 0.4) is 0 Å². The molecule has 0 aliphatic heterocycles. The molecular weight excluding hydrogens is 402 g/mol. The van der Waals surface area contributed by atoms with Gasteiger partial charge in [0.15, 0.2) is 5.58 Å². The van der Waals surface area contributed by atoms with Gasteiger partial charge in [-0.25, -0.2) is 4.98 Å². The Morgan fingerprint density at radius 1 is 1.19 bits per heavy atom. The highest BCUT2D eigenvalue weighted by atomic mass is 16.3. The first-order valence-corrected chi connectivity index (χ1v) is 11.6. The monoisotopic (exact) mass is 437 g/mol. The number of aromatic nitrogens is 3. The van der Waals surface area contributed by atoms with Crippen molar-refractivity contribution in [3.8, 4) is 11.3 Å². The maximum Gasteiger partial charge on any atom is 0.224 e. The van der Waals surface area contributed by atoms with Gasteiger partial charge in [0.1, 0.15) is 11.6 Å². The highest BCUT2D eigenvalue weighted by molar-refractivity contribution is 5.86. The van der Waals surface area contributed by atoms with Crippen molar-refractivity contribution in [3.05, 3.63) is 29.7 Å². The topological polar surface area (TPSA) is 96.1 Å². The Hall–Kier alpha value is -2.67. The molecule has 1 aliphatic rings. The van der Waals surface area contributed by atoms with Crippen molar-refractivity contribution in [1.29, 1.82) is 0 Å². The third-order valence-electron chi connectivity index (χ3n) is 6.08. The van der Waals surface area contributed by atoms with Crippen molar-refractivity contribution in [3.63, 3.8) is 0 Å². The van der Waals surface area contributed by atoms with Crippen molar-refractivity contribution in [2.75, 3.05) is 23.8 Å². The van der Waals surface area contributed by atoms with E-state index < -0.39 is 0 Å². The van der Waals surface area contributed by atoms with Gasteiger partial charge in [-0.1, -0.05) is 27.7 Å². The Kier molecular flexibility index (Phi) is 6.38. The van der Waals surface area contributed by atoms with Gasteiger partial charge in [0, 0.05) is 30.3 Å². The lowest BCUT2D eigenvalue weighted by molar-refractivity contribution is 0.229. The molecule has 0 radical (unpaired) electrons. The standard InChI is InChI=1S/C25H35N5O2/c1-6-18-10-17-11-20(32-21(17)12-26-18)22-15(2)28-24(27-14-25(3,4)5)30-23(22)29-19-8-7-16(9-19)13-31/h10-12,16,19,31H,6-9,13-14H2,1-5H3,(H2,27,28,29,30)/t16-,19+/m1/s1. The summed E-state index contributed by atoms with van der Waals surface area (Å²) < 4.78 is 6.19. The van der Waals surface area contributed by atoms with Crippen molar-refractivity contribution in [2.45, 2.75) is 66.3 Å². The number of anilines is 2. The Labute approximate surface area is 190 Å². The number of aliphatic hydroxyl groups is 1. The maximum atomic E-state index is 9.56. The van der Waals surface area contributed by atoms with E-state index in [1.54, 1.807) is 6.20 Å². The molecular formula is C25H35N5O2. The predicted octanol–water partition coefficient (Wildman–Crippen LogP) is 5.19. The fourth-order valence-electron chi connectivity index (χ4n) is 4.27. The molecule has 0 amide bonds. The van der Waals surface area contributed by atoms with Gasteiger partial charge < -0.3 is 20.2 Å². The van der Waals surface area contributed by atoms with Gasteiger partial charge in [0.05, 0.1) is 17.5 Å². The third-order valence-corrected chi connectivity index (χ3v) is 6.08. The predicted molar refractivity (Wildman–Crippen MR) is 129 cm³/mol. The van der Waals surface area contributed by atoms with Crippen LogP contribution < -0.4 is 10.6 Å². The van der Waals surface area contributed by atoms with E-state index in [1.807, 2.05) is 6.92 Å². The lowest BCUT2D eigenvalue weighted by Gasteiger charge is -2.21. The largest absolute Gasteiger partial charge is 0.454 e. The van der Waals surface area contributed by atoms with E-state index in [-0.39, 0.29) is 18.1 Å². The Bertz CT molecular complexity index is 1090. The number of rotatable bonds is 7. The molecule has 0 saturated heterocycles. The number of aliphatic hydroxyl groups excluding tert-OH is 1. The summed E-state index contributed by atoms with van der Waals surface area (Å²) in [6, 6.07) is 4.40. The number of fused-ring (bicyclic) bond motifs is 1. The SMILES string of the molecule is CCc1cc2cc(-c3c(C)nc(NCC(C)(C)C)nc3N[C@H]3CC[C@@H](CO)C3)oc2cn1. The van der Waals surface area contributed by atoms with Gasteiger partial charge >= 0.3 is 0 Å². The molecule has 1 fully saturated rings. The maximum absolute atomic E-state index is 9.56. The normalized spacial score (nSPS) is 18.9. The van der Waals surface area contributed by atoms with Gasteiger partial charge in [-0.2, -0.15) is 4.98 Å². The summed E-state index contributed by atoms with van der Waals surface area (Å²) in [6.45, 7) is 11.7. The number of furan rings is 1. The van der Waals surface area contributed by atoms with Gasteiger partial charge in [0.25, 0.3) is 0 Å². The molecule has 32 heavy (non-hydrogen) atoms. The van der Waals surface area contributed by atoms with Crippen molar-refractivity contribution < 1.29 is 9.52 Å². The van der Waals surface area contributed by atoms with E-state index in [2.05, 4.69) is 55.4 Å². The van der Waals surface area contributed by atoms with E-state index in [0.717, 1.165) is 71.7 Å². The van der Waals surface area contributed by atoms with Gasteiger partial charge in [-0.05, 0) is 56.1 Å². The summed E-state index contributed by atoms with van der Waals surface area (Å²) in [5.41, 5.74) is 3.66. The number of pyridine rings is 1. The minimum absolute atomic E-state index is 0.117. The van der Waals surface area contributed by atoms with Gasteiger partial charge in [-0.3, -0.25) is 4.98 Å². The molecule has 3 heterocycles. The number of hydrogen-bond acceptors (Lipinski definition) is 7. The number of aryl methyl sites for hydroxylation is 2. The zero-order valence-electron chi connectivity index (χ0n) is 19.8. The molecule has 1 saturated carbocycles. The number of hydrogen-bond donors (Lipinski definition) is 3. The molecule has 0 aromatic carbocycles. The molecule has 0 bridgehead atoms. The minimum Gasteiger partial charge on any atom is -0.454 e. The molecule has 3 aromatic heterocycles. The van der Waals surface area contributed by atoms with Crippen LogP contribution in [0.5, 0.6) is 0 Å². The average Bonchev–Trinajstić information content (AvgIpc) is 3.37. The Balaban J connectivity index is 1.72. The first kappa shape index (κ1) is 22.5. The highest BCUT2D eigenvalue weighted by Crippen LogP contribution is 2.37. The first-order chi connectivity index (χ1) is 15.3. The Morgan fingerprint density at radius 3 is 2.69 bits per heavy atom. The number of nitrogens with zero attached hydrogens (tertiary/aromatic N) is 3. The fraction of sp³-hybridized carbons (Fsp3) is 0.560. The summed E-state index contributed by atoms with van der Waals surface area (Å²) >= 11 is 0. The molecule has 1 aliphatic carbocycles. The quantitative estimate of drug-likeness (QED) is 0.468. The molecule has 172 valence electrons. The molecule has 0 unspecified atom stereocenters. The summed E-state index contributed by atoms with van der Waals surface area (Å²) in [5.74, 6) is 2.49. The van der Waals surface area contributed by atoms with Crippen LogP contribution in [0.15, 0.2) is 22.7 Å². The van der Waals surface area contributed by atoms with Crippen molar-refractivity contribution >= 4 is 22.7 Å². The second-order valence-corrected chi connectivity index (χ2v) is 10.2. The van der Waals surface area contributed by atoms with E-state index in [0.29, 0.717) is 11.9 Å².